The number of ketones is 1. The maximum atomic E-state index is 13.1. The van der Waals surface area contributed by atoms with Crippen molar-refractivity contribution in [3.63, 3.8) is 0 Å². The number of hydrogen-bond acceptors (Lipinski definition) is 5. The minimum Gasteiger partial charge on any atom is -0.459 e. The standard InChI is InChI=1S/C25H27NO5/c1-15-4-5-19(10-20(15)26-23(28)21-3-2-6-30-21)24(29)31-14-22(27)25-11-16-7-17(12-25)9-18(8-16)13-25/h2-6,10,16-18H,7-9,11-14H2,1H3,(H,26,28). The Labute approximate surface area is 181 Å². The van der Waals surface area contributed by atoms with Crippen LogP contribution in [-0.4, -0.2) is 24.3 Å². The summed E-state index contributed by atoms with van der Waals surface area (Å²) in [6, 6.07) is 8.17. The normalized spacial score (nSPS) is 28.4. The van der Waals surface area contributed by atoms with Gasteiger partial charge >= 0.3 is 5.97 Å². The zero-order chi connectivity index (χ0) is 21.6. The molecule has 1 aromatic carbocycles. The third-order valence-electron chi connectivity index (χ3n) is 7.43. The molecule has 0 aliphatic heterocycles. The van der Waals surface area contributed by atoms with Gasteiger partial charge in [-0.1, -0.05) is 6.07 Å². The van der Waals surface area contributed by atoms with E-state index in [0.29, 0.717) is 29.0 Å². The number of nitrogens with one attached hydrogen (secondary N) is 1. The molecule has 2 aromatic rings. The number of benzene rings is 1. The van der Waals surface area contributed by atoms with E-state index in [2.05, 4.69) is 5.32 Å². The second-order valence-corrected chi connectivity index (χ2v) is 9.66. The molecule has 4 aliphatic rings. The molecule has 4 aliphatic carbocycles. The Morgan fingerprint density at radius 3 is 2.35 bits per heavy atom. The summed E-state index contributed by atoms with van der Waals surface area (Å²) in [5.74, 6) is 1.34. The van der Waals surface area contributed by atoms with E-state index in [4.69, 9.17) is 9.15 Å². The molecule has 4 fully saturated rings. The molecular formula is C25H27NO5. The summed E-state index contributed by atoms with van der Waals surface area (Å²) < 4.78 is 10.5. The topological polar surface area (TPSA) is 85.6 Å². The van der Waals surface area contributed by atoms with Gasteiger partial charge in [0.2, 0.25) is 0 Å². The van der Waals surface area contributed by atoms with E-state index in [1.807, 2.05) is 6.92 Å². The van der Waals surface area contributed by atoms with Crippen LogP contribution in [0.15, 0.2) is 41.0 Å². The number of anilines is 1. The molecule has 6 rings (SSSR count). The molecule has 0 unspecified atom stereocenters. The van der Waals surface area contributed by atoms with Gasteiger partial charge in [-0.2, -0.15) is 0 Å². The zero-order valence-electron chi connectivity index (χ0n) is 17.7. The van der Waals surface area contributed by atoms with Crippen LogP contribution in [0.1, 0.15) is 65.0 Å². The van der Waals surface area contributed by atoms with Crippen LogP contribution in [0.5, 0.6) is 0 Å². The van der Waals surface area contributed by atoms with Gasteiger partial charge in [-0.25, -0.2) is 4.79 Å². The van der Waals surface area contributed by atoms with Gasteiger partial charge in [-0.15, -0.1) is 0 Å². The van der Waals surface area contributed by atoms with Crippen LogP contribution in [0.3, 0.4) is 0 Å². The Hall–Kier alpha value is -2.89. The van der Waals surface area contributed by atoms with Gasteiger partial charge in [-0.05, 0) is 93.0 Å². The molecule has 1 heterocycles. The Morgan fingerprint density at radius 2 is 1.74 bits per heavy atom. The van der Waals surface area contributed by atoms with E-state index >= 15 is 0 Å². The maximum absolute atomic E-state index is 13.1. The lowest BCUT2D eigenvalue weighted by Crippen LogP contribution is -2.51. The number of amides is 1. The molecular weight excluding hydrogens is 394 g/mol. The van der Waals surface area contributed by atoms with Crippen LogP contribution in [-0.2, 0) is 9.53 Å². The predicted molar refractivity (Wildman–Crippen MR) is 114 cm³/mol. The number of esters is 1. The summed E-state index contributed by atoms with van der Waals surface area (Å²) in [5.41, 5.74) is 1.34. The van der Waals surface area contributed by atoms with Crippen LogP contribution in [0.2, 0.25) is 0 Å². The average molecular weight is 421 g/mol. The van der Waals surface area contributed by atoms with Gasteiger partial charge in [0.25, 0.3) is 5.91 Å². The first kappa shape index (κ1) is 20.0. The van der Waals surface area contributed by atoms with Gasteiger partial charge in [0.1, 0.15) is 0 Å². The van der Waals surface area contributed by atoms with Crippen molar-refractivity contribution < 1.29 is 23.5 Å². The fourth-order valence-corrected chi connectivity index (χ4v) is 6.29. The fraction of sp³-hybridized carbons (Fsp3) is 0.480. The Bertz CT molecular complexity index is 987. The molecule has 1 N–H and O–H groups in total. The first-order valence-corrected chi connectivity index (χ1v) is 11.1. The van der Waals surface area contributed by atoms with Gasteiger partial charge in [-0.3, -0.25) is 9.59 Å². The van der Waals surface area contributed by atoms with Crippen LogP contribution in [0.4, 0.5) is 5.69 Å². The molecule has 6 nitrogen and oxygen atoms in total. The summed E-state index contributed by atoms with van der Waals surface area (Å²) in [6.45, 7) is 1.66. The van der Waals surface area contributed by atoms with Gasteiger partial charge < -0.3 is 14.5 Å². The van der Waals surface area contributed by atoms with Crippen LogP contribution >= 0.6 is 0 Å². The zero-order valence-corrected chi connectivity index (χ0v) is 17.7. The highest BCUT2D eigenvalue weighted by atomic mass is 16.5. The van der Waals surface area contributed by atoms with Crippen LogP contribution in [0, 0.1) is 30.1 Å². The number of rotatable bonds is 6. The van der Waals surface area contributed by atoms with Crippen LogP contribution in [0.25, 0.3) is 0 Å². The van der Waals surface area contributed by atoms with E-state index in [9.17, 15) is 14.4 Å². The molecule has 31 heavy (non-hydrogen) atoms. The number of carbonyl (C=O) groups excluding carboxylic acids is 3. The molecule has 0 radical (unpaired) electrons. The van der Waals surface area contributed by atoms with Gasteiger partial charge in [0.05, 0.1) is 11.8 Å². The average Bonchev–Trinajstić information content (AvgIpc) is 3.27. The summed E-state index contributed by atoms with van der Waals surface area (Å²) in [5, 5.41) is 2.75. The Morgan fingerprint density at radius 1 is 1.06 bits per heavy atom. The van der Waals surface area contributed by atoms with Crippen molar-refractivity contribution in [2.75, 3.05) is 11.9 Å². The molecule has 0 atom stereocenters. The minimum absolute atomic E-state index is 0.0819. The molecule has 0 saturated heterocycles. The molecule has 162 valence electrons. The van der Waals surface area contributed by atoms with Crippen molar-refractivity contribution in [1.29, 1.82) is 0 Å². The first-order valence-electron chi connectivity index (χ1n) is 11.1. The summed E-state index contributed by atoms with van der Waals surface area (Å²) >= 11 is 0. The van der Waals surface area contributed by atoms with E-state index in [1.54, 1.807) is 30.3 Å². The molecule has 1 aromatic heterocycles. The van der Waals surface area contributed by atoms with Gasteiger partial charge in [0.15, 0.2) is 18.2 Å². The molecule has 0 spiro atoms. The number of ether oxygens (including phenoxy) is 1. The Balaban J connectivity index is 1.24. The molecule has 6 heteroatoms. The Kier molecular flexibility index (Phi) is 4.95. The van der Waals surface area contributed by atoms with Crippen molar-refractivity contribution in [2.24, 2.45) is 23.2 Å². The number of carbonyl (C=O) groups is 3. The highest BCUT2D eigenvalue weighted by molar-refractivity contribution is 6.03. The highest BCUT2D eigenvalue weighted by Crippen LogP contribution is 2.60. The first-order chi connectivity index (χ1) is 14.9. The van der Waals surface area contributed by atoms with Crippen molar-refractivity contribution in [2.45, 2.75) is 45.4 Å². The molecule has 4 bridgehead atoms. The van der Waals surface area contributed by atoms with Crippen molar-refractivity contribution in [3.8, 4) is 0 Å². The SMILES string of the molecule is Cc1ccc(C(=O)OCC(=O)C23CC4CC(CC(C4)C2)C3)cc1NC(=O)c1ccco1. The third kappa shape index (κ3) is 3.80. The van der Waals surface area contributed by atoms with Gasteiger partial charge in [0, 0.05) is 11.1 Å². The highest BCUT2D eigenvalue weighted by Gasteiger charge is 2.54. The number of hydrogen-bond donors (Lipinski definition) is 1. The van der Waals surface area contributed by atoms with Crippen molar-refractivity contribution >= 4 is 23.3 Å². The predicted octanol–water partition coefficient (Wildman–Crippen LogP) is 4.78. The van der Waals surface area contributed by atoms with E-state index in [-0.39, 0.29) is 23.6 Å². The summed E-state index contributed by atoms with van der Waals surface area (Å²) in [6.07, 6.45) is 8.11. The maximum Gasteiger partial charge on any atom is 0.338 e. The molecule has 4 saturated carbocycles. The second kappa shape index (κ2) is 7.66. The minimum atomic E-state index is -0.549. The number of aryl methyl sites for hydroxylation is 1. The monoisotopic (exact) mass is 421 g/mol. The fourth-order valence-electron chi connectivity index (χ4n) is 6.29. The van der Waals surface area contributed by atoms with E-state index in [1.165, 1.54) is 25.5 Å². The summed E-state index contributed by atoms with van der Waals surface area (Å²) in [7, 11) is 0. The molecule has 1 amide bonds. The largest absolute Gasteiger partial charge is 0.459 e. The number of Topliss-reactive ketones (excluding diaryl/α,β-unsaturated/α-hetero) is 1. The quantitative estimate of drug-likeness (QED) is 0.678. The lowest BCUT2D eigenvalue weighted by molar-refractivity contribution is -0.147. The van der Waals surface area contributed by atoms with Crippen molar-refractivity contribution in [1.82, 2.24) is 0 Å². The van der Waals surface area contributed by atoms with E-state index in [0.717, 1.165) is 24.8 Å². The van der Waals surface area contributed by atoms with Crippen LogP contribution < -0.4 is 5.32 Å². The lowest BCUT2D eigenvalue weighted by atomic mass is 9.48. The van der Waals surface area contributed by atoms with Crippen molar-refractivity contribution in [3.05, 3.63) is 53.5 Å². The summed E-state index contributed by atoms with van der Waals surface area (Å²) in [4.78, 5) is 38.0. The number of furan rings is 1. The lowest BCUT2D eigenvalue weighted by Gasteiger charge is -2.55. The second-order valence-electron chi connectivity index (χ2n) is 9.66. The van der Waals surface area contributed by atoms with E-state index < -0.39 is 11.9 Å². The third-order valence-corrected chi connectivity index (χ3v) is 7.43. The smallest absolute Gasteiger partial charge is 0.338 e.